The molecular formula is C13H19N3O2. The lowest BCUT2D eigenvalue weighted by atomic mass is 10.1. The summed E-state index contributed by atoms with van der Waals surface area (Å²) in [7, 11) is 1.71. The molecule has 1 amide bonds. The van der Waals surface area contributed by atoms with Crippen LogP contribution in [-0.2, 0) is 11.2 Å². The fourth-order valence-corrected chi connectivity index (χ4v) is 1.56. The molecule has 0 bridgehead atoms. The molecule has 0 radical (unpaired) electrons. The summed E-state index contributed by atoms with van der Waals surface area (Å²) in [6.45, 7) is 2.43. The van der Waals surface area contributed by atoms with Crippen LogP contribution in [0.25, 0.3) is 0 Å². The molecular weight excluding hydrogens is 230 g/mol. The van der Waals surface area contributed by atoms with E-state index in [9.17, 15) is 4.79 Å². The van der Waals surface area contributed by atoms with E-state index in [1.165, 1.54) is 0 Å². The van der Waals surface area contributed by atoms with Gasteiger partial charge in [-0.3, -0.25) is 4.79 Å². The molecule has 0 unspecified atom stereocenters. The highest BCUT2D eigenvalue weighted by Crippen LogP contribution is 2.09. The van der Waals surface area contributed by atoms with E-state index in [0.29, 0.717) is 19.4 Å². The molecule has 1 rings (SSSR count). The van der Waals surface area contributed by atoms with Crippen molar-refractivity contribution in [3.05, 3.63) is 35.4 Å². The number of rotatable bonds is 5. The standard InChI is InChI=1S/C13H19N3O2/c1-10-5-3-4-6-11(10)9-13(17)16(2)8-7-12(14)15-18/h3-6,18H,7-9H2,1-2H3,(H2,14,15). The van der Waals surface area contributed by atoms with Gasteiger partial charge in [0.25, 0.3) is 0 Å². The van der Waals surface area contributed by atoms with Crippen LogP contribution in [0.5, 0.6) is 0 Å². The molecule has 5 heteroatoms. The highest BCUT2D eigenvalue weighted by atomic mass is 16.4. The highest BCUT2D eigenvalue weighted by Gasteiger charge is 2.11. The first-order chi connectivity index (χ1) is 8.54. The lowest BCUT2D eigenvalue weighted by Gasteiger charge is -2.17. The Morgan fingerprint density at radius 3 is 2.72 bits per heavy atom. The van der Waals surface area contributed by atoms with E-state index in [0.717, 1.165) is 11.1 Å². The van der Waals surface area contributed by atoms with Crippen LogP contribution in [0.1, 0.15) is 17.5 Å². The van der Waals surface area contributed by atoms with E-state index < -0.39 is 0 Å². The fourth-order valence-electron chi connectivity index (χ4n) is 1.56. The van der Waals surface area contributed by atoms with E-state index in [1.807, 2.05) is 31.2 Å². The molecule has 0 aromatic heterocycles. The van der Waals surface area contributed by atoms with Gasteiger partial charge in [0.15, 0.2) is 0 Å². The van der Waals surface area contributed by atoms with Crippen LogP contribution in [0.3, 0.4) is 0 Å². The molecule has 0 aliphatic heterocycles. The van der Waals surface area contributed by atoms with E-state index in [2.05, 4.69) is 5.16 Å². The van der Waals surface area contributed by atoms with Crippen molar-refractivity contribution in [3.8, 4) is 0 Å². The van der Waals surface area contributed by atoms with Crippen molar-refractivity contribution in [2.45, 2.75) is 19.8 Å². The average molecular weight is 249 g/mol. The zero-order valence-corrected chi connectivity index (χ0v) is 10.8. The topological polar surface area (TPSA) is 78.9 Å². The summed E-state index contributed by atoms with van der Waals surface area (Å²) in [4.78, 5) is 13.5. The van der Waals surface area contributed by atoms with Gasteiger partial charge in [0.2, 0.25) is 5.91 Å². The summed E-state index contributed by atoms with van der Waals surface area (Å²) >= 11 is 0. The quantitative estimate of drug-likeness (QED) is 0.355. The Bertz CT molecular complexity index is 444. The maximum Gasteiger partial charge on any atom is 0.226 e. The average Bonchev–Trinajstić information content (AvgIpc) is 2.38. The minimum Gasteiger partial charge on any atom is -0.409 e. The molecule has 5 nitrogen and oxygen atoms in total. The summed E-state index contributed by atoms with van der Waals surface area (Å²) < 4.78 is 0. The number of amides is 1. The molecule has 3 N–H and O–H groups in total. The van der Waals surface area contributed by atoms with Gasteiger partial charge in [0, 0.05) is 20.0 Å². The maximum atomic E-state index is 11.9. The molecule has 0 saturated heterocycles. The van der Waals surface area contributed by atoms with Crippen LogP contribution < -0.4 is 5.73 Å². The lowest BCUT2D eigenvalue weighted by molar-refractivity contribution is -0.129. The number of amidine groups is 1. The minimum absolute atomic E-state index is 0.0232. The van der Waals surface area contributed by atoms with Gasteiger partial charge in [-0.1, -0.05) is 29.4 Å². The number of benzene rings is 1. The Morgan fingerprint density at radius 2 is 2.11 bits per heavy atom. The summed E-state index contributed by atoms with van der Waals surface area (Å²) in [5.41, 5.74) is 7.49. The second-order valence-corrected chi connectivity index (χ2v) is 4.26. The van der Waals surface area contributed by atoms with Gasteiger partial charge < -0.3 is 15.8 Å². The van der Waals surface area contributed by atoms with E-state index >= 15 is 0 Å². The zero-order chi connectivity index (χ0) is 13.5. The number of hydrogen-bond donors (Lipinski definition) is 2. The summed E-state index contributed by atoms with van der Waals surface area (Å²) in [5, 5.41) is 11.3. The number of nitrogens with zero attached hydrogens (tertiary/aromatic N) is 2. The van der Waals surface area contributed by atoms with Gasteiger partial charge in [-0.25, -0.2) is 0 Å². The molecule has 0 atom stereocenters. The third-order valence-electron chi connectivity index (χ3n) is 2.86. The minimum atomic E-state index is 0.0232. The fraction of sp³-hybridized carbons (Fsp3) is 0.385. The second-order valence-electron chi connectivity index (χ2n) is 4.26. The van der Waals surface area contributed by atoms with Crippen LogP contribution in [0.2, 0.25) is 0 Å². The van der Waals surface area contributed by atoms with E-state index in [1.54, 1.807) is 11.9 Å². The third kappa shape index (κ3) is 4.08. The molecule has 0 saturated carbocycles. The van der Waals surface area contributed by atoms with Crippen LogP contribution >= 0.6 is 0 Å². The number of carbonyl (C=O) groups excluding carboxylic acids is 1. The molecule has 18 heavy (non-hydrogen) atoms. The first-order valence-electron chi connectivity index (χ1n) is 5.79. The van der Waals surface area contributed by atoms with Crippen LogP contribution in [0.15, 0.2) is 29.4 Å². The largest absolute Gasteiger partial charge is 0.409 e. The van der Waals surface area contributed by atoms with Crippen molar-refractivity contribution in [3.63, 3.8) is 0 Å². The summed E-state index contributed by atoms with van der Waals surface area (Å²) in [6, 6.07) is 7.81. The predicted molar refractivity (Wildman–Crippen MR) is 70.5 cm³/mol. The number of aryl methyl sites for hydroxylation is 1. The van der Waals surface area contributed by atoms with Gasteiger partial charge in [0.05, 0.1) is 6.42 Å². The summed E-state index contributed by atoms with van der Waals surface area (Å²) in [6.07, 6.45) is 0.742. The highest BCUT2D eigenvalue weighted by molar-refractivity contribution is 5.82. The Morgan fingerprint density at radius 1 is 1.44 bits per heavy atom. The number of oxime groups is 1. The van der Waals surface area contributed by atoms with Gasteiger partial charge >= 0.3 is 0 Å². The molecule has 0 heterocycles. The molecule has 0 spiro atoms. The van der Waals surface area contributed by atoms with Crippen LogP contribution in [0.4, 0.5) is 0 Å². The van der Waals surface area contributed by atoms with Crippen molar-refractivity contribution in [2.75, 3.05) is 13.6 Å². The maximum absolute atomic E-state index is 11.9. The lowest BCUT2D eigenvalue weighted by Crippen LogP contribution is -2.31. The molecule has 98 valence electrons. The second kappa shape index (κ2) is 6.64. The van der Waals surface area contributed by atoms with Crippen LogP contribution in [0, 0.1) is 6.92 Å². The third-order valence-corrected chi connectivity index (χ3v) is 2.86. The zero-order valence-electron chi connectivity index (χ0n) is 10.8. The molecule has 0 aliphatic rings. The van der Waals surface area contributed by atoms with Gasteiger partial charge in [-0.2, -0.15) is 0 Å². The Hall–Kier alpha value is -2.04. The van der Waals surface area contributed by atoms with Crippen molar-refractivity contribution in [1.82, 2.24) is 4.90 Å². The molecule has 0 fully saturated rings. The predicted octanol–water partition coefficient (Wildman–Crippen LogP) is 1.13. The van der Waals surface area contributed by atoms with Crippen molar-refractivity contribution in [1.29, 1.82) is 0 Å². The first kappa shape index (κ1) is 14.0. The molecule has 1 aromatic carbocycles. The smallest absolute Gasteiger partial charge is 0.226 e. The Balaban J connectivity index is 2.53. The van der Waals surface area contributed by atoms with Crippen molar-refractivity contribution < 1.29 is 10.0 Å². The van der Waals surface area contributed by atoms with E-state index in [4.69, 9.17) is 10.9 Å². The Labute approximate surface area is 107 Å². The normalized spacial score (nSPS) is 11.3. The number of carbonyl (C=O) groups is 1. The molecule has 1 aromatic rings. The van der Waals surface area contributed by atoms with Gasteiger partial charge in [-0.15, -0.1) is 0 Å². The molecule has 0 aliphatic carbocycles. The Kier molecular flexibility index (Phi) is 5.17. The van der Waals surface area contributed by atoms with Crippen molar-refractivity contribution in [2.24, 2.45) is 10.9 Å². The van der Waals surface area contributed by atoms with Crippen molar-refractivity contribution >= 4 is 11.7 Å². The first-order valence-corrected chi connectivity index (χ1v) is 5.79. The number of nitrogens with two attached hydrogens (primary N) is 1. The monoisotopic (exact) mass is 249 g/mol. The summed E-state index contributed by atoms with van der Waals surface area (Å²) in [5.74, 6) is 0.153. The number of hydrogen-bond acceptors (Lipinski definition) is 3. The van der Waals surface area contributed by atoms with E-state index in [-0.39, 0.29) is 11.7 Å². The van der Waals surface area contributed by atoms with Crippen LogP contribution in [-0.4, -0.2) is 35.4 Å². The number of likely N-dealkylation sites (N-methyl/N-ethyl adjacent to an activating group) is 1. The van der Waals surface area contributed by atoms with Gasteiger partial charge in [-0.05, 0) is 18.1 Å². The SMILES string of the molecule is Cc1ccccc1CC(=O)N(C)CC/C(N)=N/O. The van der Waals surface area contributed by atoms with Gasteiger partial charge in [0.1, 0.15) is 5.84 Å².